The van der Waals surface area contributed by atoms with E-state index < -0.39 is 0 Å². The van der Waals surface area contributed by atoms with Crippen LogP contribution in [0.4, 0.5) is 5.82 Å². The Hall–Kier alpha value is -0.880. The number of nitrogen functional groups attached to an aromatic ring is 1. The first-order valence-electron chi connectivity index (χ1n) is 5.72. The summed E-state index contributed by atoms with van der Waals surface area (Å²) in [7, 11) is 0. The lowest BCUT2D eigenvalue weighted by Crippen LogP contribution is -2.11. The molecule has 98 valence electrons. The number of hydrogen-bond donors (Lipinski definition) is 1. The van der Waals surface area contributed by atoms with Gasteiger partial charge in [0.05, 0.1) is 27.4 Å². The average Bonchev–Trinajstić information content (AvgIpc) is 2.81. The van der Waals surface area contributed by atoms with Crippen molar-refractivity contribution in [3.05, 3.63) is 26.2 Å². The minimum Gasteiger partial charge on any atom is -0.383 e. The van der Waals surface area contributed by atoms with Crippen LogP contribution in [0.5, 0.6) is 0 Å². The number of aromatic nitrogens is 3. The summed E-state index contributed by atoms with van der Waals surface area (Å²) in [6, 6.07) is 0. The van der Waals surface area contributed by atoms with Gasteiger partial charge < -0.3 is 5.73 Å². The minimum atomic E-state index is 0.0923. The fraction of sp³-hybridized carbons (Fsp3) is 0.500. The van der Waals surface area contributed by atoms with E-state index in [1.807, 2.05) is 6.92 Å². The number of nitrogens with two attached hydrogens (primary N) is 1. The number of thiazole rings is 1. The molecule has 18 heavy (non-hydrogen) atoms. The third-order valence-corrected chi connectivity index (χ3v) is 4.89. The highest BCUT2D eigenvalue weighted by Gasteiger charge is 2.18. The Morgan fingerprint density at radius 3 is 2.56 bits per heavy atom. The Morgan fingerprint density at radius 1 is 1.44 bits per heavy atom. The van der Waals surface area contributed by atoms with Gasteiger partial charge in [0.2, 0.25) is 0 Å². The highest BCUT2D eigenvalue weighted by Crippen LogP contribution is 2.27. The van der Waals surface area contributed by atoms with Crippen LogP contribution >= 0.6 is 27.3 Å². The van der Waals surface area contributed by atoms with Crippen LogP contribution in [0.25, 0.3) is 0 Å². The van der Waals surface area contributed by atoms with Gasteiger partial charge in [-0.15, -0.1) is 11.3 Å². The smallest absolute Gasteiger partial charge is 0.136 e. The van der Waals surface area contributed by atoms with Crippen LogP contribution in [-0.2, 0) is 12.0 Å². The molecule has 0 saturated carbocycles. The van der Waals surface area contributed by atoms with Crippen LogP contribution in [-0.4, -0.2) is 14.8 Å². The van der Waals surface area contributed by atoms with E-state index in [9.17, 15) is 0 Å². The number of anilines is 1. The van der Waals surface area contributed by atoms with E-state index in [4.69, 9.17) is 5.73 Å². The number of halogens is 1. The van der Waals surface area contributed by atoms with E-state index in [0.717, 1.165) is 20.9 Å². The second-order valence-electron chi connectivity index (χ2n) is 5.34. The first kappa shape index (κ1) is 13.5. The standard InChI is InChI=1S/C12H17BrN4S/c1-7-9(13)10(14)17(16-7)5-8-6-18-11(15-8)12(2,3)4/h6H,5,14H2,1-4H3. The molecule has 0 atom stereocenters. The van der Waals surface area contributed by atoms with Gasteiger partial charge in [-0.05, 0) is 22.9 Å². The molecular formula is C12H17BrN4S. The highest BCUT2D eigenvalue weighted by atomic mass is 79.9. The average molecular weight is 329 g/mol. The Labute approximate surface area is 119 Å². The van der Waals surface area contributed by atoms with E-state index in [0.29, 0.717) is 12.4 Å². The number of aryl methyl sites for hydroxylation is 1. The van der Waals surface area contributed by atoms with Gasteiger partial charge in [0.1, 0.15) is 5.82 Å². The van der Waals surface area contributed by atoms with Crippen molar-refractivity contribution < 1.29 is 0 Å². The summed E-state index contributed by atoms with van der Waals surface area (Å²) in [6.45, 7) is 9.04. The molecule has 0 radical (unpaired) electrons. The summed E-state index contributed by atoms with van der Waals surface area (Å²) in [4.78, 5) is 4.64. The molecule has 0 aliphatic heterocycles. The van der Waals surface area contributed by atoms with Crippen LogP contribution in [0.3, 0.4) is 0 Å². The van der Waals surface area contributed by atoms with Gasteiger partial charge in [0.15, 0.2) is 0 Å². The van der Waals surface area contributed by atoms with Crippen molar-refractivity contribution in [2.75, 3.05) is 5.73 Å². The largest absolute Gasteiger partial charge is 0.383 e. The number of hydrogen-bond acceptors (Lipinski definition) is 4. The molecule has 0 saturated heterocycles. The molecule has 0 bridgehead atoms. The maximum Gasteiger partial charge on any atom is 0.136 e. The van der Waals surface area contributed by atoms with Crippen LogP contribution in [0.2, 0.25) is 0 Å². The van der Waals surface area contributed by atoms with E-state index >= 15 is 0 Å². The topological polar surface area (TPSA) is 56.7 Å². The lowest BCUT2D eigenvalue weighted by Gasteiger charge is -2.13. The summed E-state index contributed by atoms with van der Waals surface area (Å²) >= 11 is 5.11. The molecule has 0 aliphatic carbocycles. The van der Waals surface area contributed by atoms with E-state index in [1.165, 1.54) is 0 Å². The zero-order valence-electron chi connectivity index (χ0n) is 11.0. The normalized spacial score (nSPS) is 12.1. The summed E-state index contributed by atoms with van der Waals surface area (Å²) < 4.78 is 2.65. The SMILES string of the molecule is Cc1nn(Cc2csc(C(C)(C)C)n2)c(N)c1Br. The van der Waals surface area contributed by atoms with Crippen LogP contribution in [0.1, 0.15) is 37.2 Å². The molecule has 0 spiro atoms. The van der Waals surface area contributed by atoms with Gasteiger partial charge in [-0.1, -0.05) is 20.8 Å². The third-order valence-electron chi connectivity index (χ3n) is 2.60. The quantitative estimate of drug-likeness (QED) is 0.919. The van der Waals surface area contributed by atoms with Crippen LogP contribution in [0.15, 0.2) is 9.85 Å². The van der Waals surface area contributed by atoms with E-state index in [2.05, 4.69) is 52.2 Å². The van der Waals surface area contributed by atoms with Crippen molar-refractivity contribution in [1.29, 1.82) is 0 Å². The fourth-order valence-electron chi connectivity index (χ4n) is 1.58. The summed E-state index contributed by atoms with van der Waals surface area (Å²) in [5.41, 5.74) is 7.97. The van der Waals surface area contributed by atoms with Crippen molar-refractivity contribution >= 4 is 33.1 Å². The van der Waals surface area contributed by atoms with Gasteiger partial charge in [0.25, 0.3) is 0 Å². The molecule has 2 rings (SSSR count). The van der Waals surface area contributed by atoms with Crippen molar-refractivity contribution in [3.63, 3.8) is 0 Å². The van der Waals surface area contributed by atoms with Gasteiger partial charge >= 0.3 is 0 Å². The Morgan fingerprint density at radius 2 is 2.11 bits per heavy atom. The predicted octanol–water partition coefficient (Wildman–Crippen LogP) is 3.34. The fourth-order valence-corrected chi connectivity index (χ4v) is 2.76. The van der Waals surface area contributed by atoms with Gasteiger partial charge in [0, 0.05) is 10.8 Å². The summed E-state index contributed by atoms with van der Waals surface area (Å²) in [5.74, 6) is 0.651. The monoisotopic (exact) mass is 328 g/mol. The summed E-state index contributed by atoms with van der Waals surface area (Å²) in [5, 5.41) is 7.60. The molecule has 6 heteroatoms. The van der Waals surface area contributed by atoms with E-state index in [-0.39, 0.29) is 5.41 Å². The molecular weight excluding hydrogens is 312 g/mol. The van der Waals surface area contributed by atoms with Gasteiger partial charge in [-0.3, -0.25) is 0 Å². The van der Waals surface area contributed by atoms with Crippen molar-refractivity contribution in [1.82, 2.24) is 14.8 Å². The van der Waals surface area contributed by atoms with Crippen molar-refractivity contribution in [3.8, 4) is 0 Å². The molecule has 0 unspecified atom stereocenters. The molecule has 4 nitrogen and oxygen atoms in total. The first-order valence-corrected chi connectivity index (χ1v) is 7.39. The molecule has 2 heterocycles. The molecule has 0 fully saturated rings. The Balaban J connectivity index is 2.24. The zero-order valence-corrected chi connectivity index (χ0v) is 13.4. The molecule has 2 aromatic heterocycles. The lowest BCUT2D eigenvalue weighted by molar-refractivity contribution is 0.579. The minimum absolute atomic E-state index is 0.0923. The molecule has 0 aliphatic rings. The molecule has 0 amide bonds. The number of rotatable bonds is 2. The highest BCUT2D eigenvalue weighted by molar-refractivity contribution is 9.10. The second kappa shape index (κ2) is 4.66. The molecule has 2 aromatic rings. The zero-order chi connectivity index (χ0) is 13.5. The van der Waals surface area contributed by atoms with Gasteiger partial charge in [-0.2, -0.15) is 5.10 Å². The van der Waals surface area contributed by atoms with Crippen molar-refractivity contribution in [2.45, 2.75) is 39.7 Å². The first-order chi connectivity index (χ1) is 8.29. The van der Waals surface area contributed by atoms with Crippen LogP contribution in [0, 0.1) is 6.92 Å². The second-order valence-corrected chi connectivity index (χ2v) is 6.99. The van der Waals surface area contributed by atoms with Crippen molar-refractivity contribution in [2.24, 2.45) is 0 Å². The maximum atomic E-state index is 5.97. The summed E-state index contributed by atoms with van der Waals surface area (Å²) in [6.07, 6.45) is 0. The Kier molecular flexibility index (Phi) is 3.51. The molecule has 0 aromatic carbocycles. The third kappa shape index (κ3) is 2.59. The van der Waals surface area contributed by atoms with Crippen LogP contribution < -0.4 is 5.73 Å². The predicted molar refractivity (Wildman–Crippen MR) is 79.0 cm³/mol. The number of nitrogens with zero attached hydrogens (tertiary/aromatic N) is 3. The maximum absolute atomic E-state index is 5.97. The molecule has 2 N–H and O–H groups in total. The Bertz CT molecular complexity index is 565. The van der Waals surface area contributed by atoms with E-state index in [1.54, 1.807) is 16.0 Å². The lowest BCUT2D eigenvalue weighted by atomic mass is 9.98. The van der Waals surface area contributed by atoms with Gasteiger partial charge in [-0.25, -0.2) is 9.67 Å².